The standard InChI is InChI=1S/C36H36ClNO5/c1-41-19-20-42-30-14-13-26-22-32(25-7-5-12-31(21-25)43-29-10-3-2-4-11-29)35(33(26)24-30)15-17-36(18-16-35,34(39)40)38-28-9-6-8-27(37)23-28/h2-14,21,23-24,32,38H,15-20,22H2,1H3,(H,39,40). The molecule has 1 saturated carbocycles. The van der Waals surface area contributed by atoms with Gasteiger partial charge < -0.3 is 24.6 Å². The van der Waals surface area contributed by atoms with Gasteiger partial charge in [0.15, 0.2) is 0 Å². The molecule has 43 heavy (non-hydrogen) atoms. The normalized spacial score (nSPS) is 22.6. The van der Waals surface area contributed by atoms with Gasteiger partial charge in [0, 0.05) is 23.2 Å². The fraction of sp³-hybridized carbons (Fsp3) is 0.306. The molecule has 2 aliphatic rings. The lowest BCUT2D eigenvalue weighted by Crippen LogP contribution is -2.52. The van der Waals surface area contributed by atoms with Crippen LogP contribution in [-0.2, 0) is 21.4 Å². The number of halogens is 1. The van der Waals surface area contributed by atoms with Crippen molar-refractivity contribution in [3.8, 4) is 17.2 Å². The van der Waals surface area contributed by atoms with Gasteiger partial charge in [-0.25, -0.2) is 4.79 Å². The second-order valence-electron chi connectivity index (χ2n) is 11.6. The van der Waals surface area contributed by atoms with Crippen molar-refractivity contribution in [1.82, 2.24) is 0 Å². The van der Waals surface area contributed by atoms with E-state index in [4.69, 9.17) is 25.8 Å². The molecule has 4 aromatic rings. The Bertz CT molecular complexity index is 1580. The van der Waals surface area contributed by atoms with Crippen molar-refractivity contribution in [3.63, 3.8) is 0 Å². The number of carboxylic acids is 1. The smallest absolute Gasteiger partial charge is 0.329 e. The van der Waals surface area contributed by atoms with Gasteiger partial charge in [0.25, 0.3) is 0 Å². The summed E-state index contributed by atoms with van der Waals surface area (Å²) in [5.41, 5.74) is 3.10. The van der Waals surface area contributed by atoms with Gasteiger partial charge in [-0.1, -0.05) is 54.1 Å². The SMILES string of the molecule is COCCOc1ccc2c(c1)C1(CCC(Nc3cccc(Cl)c3)(C(=O)O)CC1)C(c1cccc(Oc3ccccc3)c1)C2. The highest BCUT2D eigenvalue weighted by molar-refractivity contribution is 6.30. The minimum atomic E-state index is -1.09. The van der Waals surface area contributed by atoms with Gasteiger partial charge in [-0.05, 0) is 109 Å². The largest absolute Gasteiger partial charge is 0.491 e. The molecule has 7 heteroatoms. The van der Waals surface area contributed by atoms with Gasteiger partial charge in [-0.15, -0.1) is 0 Å². The third-order valence-electron chi connectivity index (χ3n) is 9.12. The van der Waals surface area contributed by atoms with Crippen LogP contribution >= 0.6 is 11.6 Å². The number of aliphatic carboxylic acids is 1. The van der Waals surface area contributed by atoms with E-state index in [0.717, 1.165) is 23.7 Å². The summed E-state index contributed by atoms with van der Waals surface area (Å²) in [6, 6.07) is 31.8. The van der Waals surface area contributed by atoms with Gasteiger partial charge in [0.1, 0.15) is 29.4 Å². The summed E-state index contributed by atoms with van der Waals surface area (Å²) < 4.78 is 17.4. The van der Waals surface area contributed by atoms with Crippen molar-refractivity contribution in [2.45, 2.75) is 49.0 Å². The molecule has 0 aliphatic heterocycles. The third-order valence-corrected chi connectivity index (χ3v) is 9.35. The van der Waals surface area contributed by atoms with Crippen LogP contribution in [0.1, 0.15) is 48.3 Å². The van der Waals surface area contributed by atoms with Crippen LogP contribution in [0.5, 0.6) is 17.2 Å². The Morgan fingerprint density at radius 3 is 2.37 bits per heavy atom. The van der Waals surface area contributed by atoms with E-state index in [1.54, 1.807) is 19.2 Å². The van der Waals surface area contributed by atoms with Crippen LogP contribution in [0.2, 0.25) is 5.02 Å². The molecule has 0 amide bonds. The second kappa shape index (κ2) is 12.3. The molecule has 6 nitrogen and oxygen atoms in total. The maximum absolute atomic E-state index is 12.8. The molecule has 0 aromatic heterocycles. The minimum absolute atomic E-state index is 0.161. The number of para-hydroxylation sites is 1. The molecule has 0 bridgehead atoms. The van der Waals surface area contributed by atoms with Gasteiger partial charge in [0.05, 0.1) is 6.61 Å². The maximum atomic E-state index is 12.8. The van der Waals surface area contributed by atoms with Crippen LogP contribution in [-0.4, -0.2) is 36.9 Å². The number of carboxylic acid groups (broad SMARTS) is 1. The zero-order valence-electron chi connectivity index (χ0n) is 24.2. The highest BCUT2D eigenvalue weighted by atomic mass is 35.5. The summed E-state index contributed by atoms with van der Waals surface area (Å²) in [7, 11) is 1.66. The molecule has 1 atom stereocenters. The number of fused-ring (bicyclic) bond motifs is 2. The molecule has 0 radical (unpaired) electrons. The lowest BCUT2D eigenvalue weighted by atomic mass is 9.59. The fourth-order valence-electron chi connectivity index (χ4n) is 6.96. The molecule has 1 unspecified atom stereocenters. The highest BCUT2D eigenvalue weighted by Crippen LogP contribution is 2.58. The number of anilines is 1. The van der Waals surface area contributed by atoms with Gasteiger partial charge >= 0.3 is 5.97 Å². The number of methoxy groups -OCH3 is 1. The van der Waals surface area contributed by atoms with Gasteiger partial charge in [0.2, 0.25) is 0 Å². The topological polar surface area (TPSA) is 77.0 Å². The zero-order valence-corrected chi connectivity index (χ0v) is 25.0. The Labute approximate surface area is 257 Å². The molecule has 0 saturated heterocycles. The van der Waals surface area contributed by atoms with E-state index < -0.39 is 11.5 Å². The molecule has 0 heterocycles. The summed E-state index contributed by atoms with van der Waals surface area (Å²) in [6.07, 6.45) is 3.22. The van der Waals surface area contributed by atoms with Crippen molar-refractivity contribution < 1.29 is 24.1 Å². The van der Waals surface area contributed by atoms with Crippen LogP contribution in [0.4, 0.5) is 5.69 Å². The number of rotatable bonds is 10. The molecule has 1 spiro atoms. The van der Waals surface area contributed by atoms with Crippen molar-refractivity contribution in [2.24, 2.45) is 0 Å². The molecule has 1 fully saturated rings. The Morgan fingerprint density at radius 2 is 1.63 bits per heavy atom. The molecule has 222 valence electrons. The Kier molecular flexibility index (Phi) is 8.33. The van der Waals surface area contributed by atoms with Gasteiger partial charge in [-0.3, -0.25) is 0 Å². The number of carbonyl (C=O) groups is 1. The number of hydrogen-bond acceptors (Lipinski definition) is 5. The first-order valence-corrected chi connectivity index (χ1v) is 15.1. The second-order valence-corrected chi connectivity index (χ2v) is 12.0. The molecule has 2 aliphatic carbocycles. The zero-order chi connectivity index (χ0) is 29.9. The molecule has 2 N–H and O–H groups in total. The predicted octanol–water partition coefficient (Wildman–Crippen LogP) is 8.24. The lowest BCUT2D eigenvalue weighted by molar-refractivity contribution is -0.144. The quantitative estimate of drug-likeness (QED) is 0.179. The Balaban J connectivity index is 1.35. The number of benzene rings is 4. The van der Waals surface area contributed by atoms with E-state index in [9.17, 15) is 9.90 Å². The van der Waals surface area contributed by atoms with Gasteiger partial charge in [-0.2, -0.15) is 0 Å². The molecular weight excluding hydrogens is 562 g/mol. The van der Waals surface area contributed by atoms with E-state index in [0.29, 0.717) is 49.6 Å². The predicted molar refractivity (Wildman–Crippen MR) is 169 cm³/mol. The van der Waals surface area contributed by atoms with Crippen molar-refractivity contribution in [2.75, 3.05) is 25.6 Å². The number of nitrogens with one attached hydrogen (secondary N) is 1. The van der Waals surface area contributed by atoms with E-state index >= 15 is 0 Å². The average molecular weight is 598 g/mol. The first kappa shape index (κ1) is 29.1. The summed E-state index contributed by atoms with van der Waals surface area (Å²) in [5.74, 6) is 1.71. The van der Waals surface area contributed by atoms with E-state index in [1.807, 2.05) is 54.6 Å². The van der Waals surface area contributed by atoms with Crippen LogP contribution in [0.3, 0.4) is 0 Å². The third kappa shape index (κ3) is 5.95. The monoisotopic (exact) mass is 597 g/mol. The summed E-state index contributed by atoms with van der Waals surface area (Å²) in [6.45, 7) is 0.978. The first-order valence-electron chi connectivity index (χ1n) is 14.8. The van der Waals surface area contributed by atoms with Crippen molar-refractivity contribution in [1.29, 1.82) is 0 Å². The van der Waals surface area contributed by atoms with Crippen molar-refractivity contribution in [3.05, 3.63) is 119 Å². The molecular formula is C36H36ClNO5. The highest BCUT2D eigenvalue weighted by Gasteiger charge is 2.54. The van der Waals surface area contributed by atoms with E-state index in [-0.39, 0.29) is 11.3 Å². The van der Waals surface area contributed by atoms with E-state index in [2.05, 4.69) is 35.6 Å². The van der Waals surface area contributed by atoms with Crippen molar-refractivity contribution >= 4 is 23.3 Å². The summed E-state index contributed by atoms with van der Waals surface area (Å²) in [4.78, 5) is 12.8. The Morgan fingerprint density at radius 1 is 0.860 bits per heavy atom. The first-order chi connectivity index (χ1) is 20.9. The Hall–Kier alpha value is -4.00. The fourth-order valence-corrected chi connectivity index (χ4v) is 7.15. The molecule has 6 rings (SSSR count). The lowest BCUT2D eigenvalue weighted by Gasteiger charge is -2.47. The molecule has 4 aromatic carbocycles. The van der Waals surface area contributed by atoms with Crippen LogP contribution in [0.15, 0.2) is 97.1 Å². The maximum Gasteiger partial charge on any atom is 0.329 e. The summed E-state index contributed by atoms with van der Waals surface area (Å²) >= 11 is 6.24. The van der Waals surface area contributed by atoms with E-state index in [1.165, 1.54) is 16.7 Å². The average Bonchev–Trinajstić information content (AvgIpc) is 3.32. The number of ether oxygens (including phenoxy) is 3. The number of hydrogen-bond donors (Lipinski definition) is 2. The summed E-state index contributed by atoms with van der Waals surface area (Å²) in [5, 5.41) is 14.5. The van der Waals surface area contributed by atoms with Crippen LogP contribution in [0.25, 0.3) is 0 Å². The van der Waals surface area contributed by atoms with Crippen LogP contribution < -0.4 is 14.8 Å². The van der Waals surface area contributed by atoms with Crippen LogP contribution in [0, 0.1) is 0 Å². The minimum Gasteiger partial charge on any atom is -0.491 e.